The number of aromatic hydroxyl groups is 1. The zero-order valence-corrected chi connectivity index (χ0v) is 21.6. The van der Waals surface area contributed by atoms with Crippen molar-refractivity contribution in [2.75, 3.05) is 6.54 Å². The van der Waals surface area contributed by atoms with Crippen LogP contribution in [0.5, 0.6) is 11.5 Å². The van der Waals surface area contributed by atoms with Crippen LogP contribution >= 0.6 is 0 Å². The van der Waals surface area contributed by atoms with E-state index < -0.39 is 6.10 Å². The molecule has 5 heteroatoms. The molecule has 0 aliphatic carbocycles. The monoisotopic (exact) mass is 473 g/mol. The lowest BCUT2D eigenvalue weighted by molar-refractivity contribution is -0.134. The van der Waals surface area contributed by atoms with Crippen LogP contribution in [-0.2, 0) is 4.79 Å². The zero-order chi connectivity index (χ0) is 25.0. The molecule has 0 saturated heterocycles. The van der Waals surface area contributed by atoms with Gasteiger partial charge in [-0.05, 0) is 49.8 Å². The van der Waals surface area contributed by atoms with Gasteiger partial charge in [-0.1, -0.05) is 89.7 Å². The summed E-state index contributed by atoms with van der Waals surface area (Å²) >= 11 is 0. The molecule has 192 valence electrons. The number of allylic oxidation sites excluding steroid dienone is 4. The third-order valence-corrected chi connectivity index (χ3v) is 5.64. The van der Waals surface area contributed by atoms with Gasteiger partial charge < -0.3 is 20.3 Å². The fourth-order valence-corrected chi connectivity index (χ4v) is 3.53. The topological polar surface area (TPSA) is 78.8 Å². The largest absolute Gasteiger partial charge is 0.504 e. The fourth-order valence-electron chi connectivity index (χ4n) is 3.53. The maximum absolute atomic E-state index is 12.1. The van der Waals surface area contributed by atoms with Crippen molar-refractivity contribution in [2.45, 2.75) is 110 Å². The van der Waals surface area contributed by atoms with Crippen LogP contribution in [0, 0.1) is 0 Å². The molecule has 0 radical (unpaired) electrons. The molecule has 0 bridgehead atoms. The Labute approximate surface area is 207 Å². The number of hydrogen-bond acceptors (Lipinski definition) is 5. The molecule has 0 aliphatic heterocycles. The number of carbonyl (C=O) groups is 1. The Balaban J connectivity index is 2.11. The van der Waals surface area contributed by atoms with E-state index in [4.69, 9.17) is 4.74 Å². The number of ether oxygens (including phenoxy) is 1. The number of benzene rings is 1. The predicted molar refractivity (Wildman–Crippen MR) is 141 cm³/mol. The van der Waals surface area contributed by atoms with Crippen molar-refractivity contribution in [1.82, 2.24) is 5.32 Å². The van der Waals surface area contributed by atoms with Crippen LogP contribution in [0.3, 0.4) is 0 Å². The number of rotatable bonds is 19. The first kappa shape index (κ1) is 29.9. The molecule has 34 heavy (non-hydrogen) atoms. The third kappa shape index (κ3) is 14.9. The second-order valence-corrected chi connectivity index (χ2v) is 9.26. The van der Waals surface area contributed by atoms with Gasteiger partial charge in [0, 0.05) is 19.0 Å². The van der Waals surface area contributed by atoms with E-state index in [2.05, 4.69) is 36.5 Å². The smallest absolute Gasteiger partial charge is 0.311 e. The first-order chi connectivity index (χ1) is 16.4. The Hall–Kier alpha value is -2.11. The molecule has 1 unspecified atom stereocenters. The van der Waals surface area contributed by atoms with E-state index in [0.717, 1.165) is 32.1 Å². The highest BCUT2D eigenvalue weighted by molar-refractivity contribution is 5.73. The molecule has 3 N–H and O–H groups in total. The summed E-state index contributed by atoms with van der Waals surface area (Å²) in [6.07, 6.45) is 21.2. The molecular formula is C29H47NO4. The Kier molecular flexibility index (Phi) is 16.9. The van der Waals surface area contributed by atoms with E-state index >= 15 is 0 Å². The molecule has 0 amide bonds. The van der Waals surface area contributed by atoms with Gasteiger partial charge in [-0.15, -0.1) is 0 Å². The molecule has 1 aromatic carbocycles. The molecule has 0 heterocycles. The lowest BCUT2D eigenvalue weighted by Crippen LogP contribution is -2.27. The summed E-state index contributed by atoms with van der Waals surface area (Å²) in [7, 11) is 0. The van der Waals surface area contributed by atoms with Gasteiger partial charge >= 0.3 is 5.97 Å². The Morgan fingerprint density at radius 2 is 1.62 bits per heavy atom. The summed E-state index contributed by atoms with van der Waals surface area (Å²) in [6, 6.07) is 4.93. The molecule has 1 atom stereocenters. The van der Waals surface area contributed by atoms with Crippen LogP contribution in [0.25, 0.3) is 0 Å². The third-order valence-electron chi connectivity index (χ3n) is 5.64. The minimum absolute atomic E-state index is 0.129. The quantitative estimate of drug-likeness (QED) is 0.0861. The summed E-state index contributed by atoms with van der Waals surface area (Å²) in [4.78, 5) is 12.1. The molecule has 0 aromatic heterocycles. The van der Waals surface area contributed by atoms with E-state index in [9.17, 15) is 15.0 Å². The number of unbranched alkanes of at least 4 members (excludes halogenated alkanes) is 8. The van der Waals surface area contributed by atoms with Crippen molar-refractivity contribution in [1.29, 1.82) is 0 Å². The number of phenolic OH excluding ortho intramolecular Hbond substituents is 1. The van der Waals surface area contributed by atoms with Gasteiger partial charge in [-0.2, -0.15) is 0 Å². The highest BCUT2D eigenvalue weighted by Crippen LogP contribution is 2.29. The van der Waals surface area contributed by atoms with Gasteiger partial charge in [0.15, 0.2) is 11.5 Å². The summed E-state index contributed by atoms with van der Waals surface area (Å²) in [5.41, 5.74) is 0.584. The summed E-state index contributed by atoms with van der Waals surface area (Å²) in [5, 5.41) is 23.5. The molecule has 0 spiro atoms. The standard InChI is InChI=1S/C29H47NO4/c1-4-5-6-7-8-9-10-11-12-13-14-15-16-17-18-19-29(33)34-28-21-20-25(22-26(28)31)27(32)23-30-24(2)3/h7-8,10-11,20-22,24,27,30-32H,4-6,9,12-19,23H2,1-3H3. The average Bonchev–Trinajstić information content (AvgIpc) is 2.81. The van der Waals surface area contributed by atoms with E-state index in [1.165, 1.54) is 44.6 Å². The highest BCUT2D eigenvalue weighted by atomic mass is 16.5. The van der Waals surface area contributed by atoms with Crippen molar-refractivity contribution in [3.63, 3.8) is 0 Å². The SMILES string of the molecule is CCCCC=CCC=CCCCCCCCCC(=O)Oc1ccc(C(O)CNC(C)C)cc1O. The number of esters is 1. The molecule has 1 aromatic rings. The zero-order valence-electron chi connectivity index (χ0n) is 21.6. The van der Waals surface area contributed by atoms with Gasteiger partial charge in [0.2, 0.25) is 0 Å². The second kappa shape index (κ2) is 19.2. The van der Waals surface area contributed by atoms with Crippen LogP contribution < -0.4 is 10.1 Å². The van der Waals surface area contributed by atoms with Gasteiger partial charge in [0.05, 0.1) is 6.10 Å². The molecule has 1 rings (SSSR count). The van der Waals surface area contributed by atoms with Crippen molar-refractivity contribution in [3.05, 3.63) is 48.1 Å². The van der Waals surface area contributed by atoms with Gasteiger partial charge in [-0.25, -0.2) is 0 Å². The molecule has 0 aliphatic rings. The number of carbonyl (C=O) groups excluding carboxylic acids is 1. The van der Waals surface area contributed by atoms with E-state index in [-0.39, 0.29) is 23.5 Å². The van der Waals surface area contributed by atoms with Gasteiger partial charge in [-0.3, -0.25) is 4.79 Å². The van der Waals surface area contributed by atoms with Gasteiger partial charge in [0.1, 0.15) is 0 Å². The number of phenols is 1. The van der Waals surface area contributed by atoms with Crippen molar-refractivity contribution in [3.8, 4) is 11.5 Å². The summed E-state index contributed by atoms with van der Waals surface area (Å²) in [6.45, 7) is 6.61. The number of nitrogens with one attached hydrogen (secondary N) is 1. The molecule has 5 nitrogen and oxygen atoms in total. The fraction of sp³-hybridized carbons (Fsp3) is 0.621. The lowest BCUT2D eigenvalue weighted by atomic mass is 10.1. The van der Waals surface area contributed by atoms with Crippen LogP contribution in [0.4, 0.5) is 0 Å². The number of aliphatic hydroxyl groups excluding tert-OH is 1. The normalized spacial score (nSPS) is 12.7. The maximum Gasteiger partial charge on any atom is 0.311 e. The van der Waals surface area contributed by atoms with Crippen molar-refractivity contribution >= 4 is 5.97 Å². The summed E-state index contributed by atoms with van der Waals surface area (Å²) < 4.78 is 5.30. The second-order valence-electron chi connectivity index (χ2n) is 9.26. The van der Waals surface area contributed by atoms with E-state index in [1.807, 2.05) is 13.8 Å². The highest BCUT2D eigenvalue weighted by Gasteiger charge is 2.13. The van der Waals surface area contributed by atoms with Crippen molar-refractivity contribution in [2.24, 2.45) is 0 Å². The van der Waals surface area contributed by atoms with E-state index in [1.54, 1.807) is 12.1 Å². The molecule has 0 saturated carbocycles. The lowest BCUT2D eigenvalue weighted by Gasteiger charge is -2.15. The first-order valence-corrected chi connectivity index (χ1v) is 13.2. The predicted octanol–water partition coefficient (Wildman–Crippen LogP) is 7.14. The van der Waals surface area contributed by atoms with E-state index in [0.29, 0.717) is 18.5 Å². The molecule has 0 fully saturated rings. The minimum Gasteiger partial charge on any atom is -0.504 e. The number of aliphatic hydroxyl groups is 1. The van der Waals surface area contributed by atoms with Crippen LogP contribution in [-0.4, -0.2) is 28.8 Å². The maximum atomic E-state index is 12.1. The Bertz CT molecular complexity index is 727. The summed E-state index contributed by atoms with van der Waals surface area (Å²) in [5.74, 6) is -0.322. The van der Waals surface area contributed by atoms with Crippen molar-refractivity contribution < 1.29 is 19.7 Å². The van der Waals surface area contributed by atoms with Crippen LogP contribution in [0.2, 0.25) is 0 Å². The van der Waals surface area contributed by atoms with Crippen LogP contribution in [0.15, 0.2) is 42.5 Å². The Morgan fingerprint density at radius 1 is 0.971 bits per heavy atom. The minimum atomic E-state index is -0.730. The average molecular weight is 474 g/mol. The van der Waals surface area contributed by atoms with Crippen LogP contribution in [0.1, 0.15) is 109 Å². The Morgan fingerprint density at radius 3 is 2.26 bits per heavy atom. The number of hydrogen-bond donors (Lipinski definition) is 3. The first-order valence-electron chi connectivity index (χ1n) is 13.2. The molecular weight excluding hydrogens is 426 g/mol. The van der Waals surface area contributed by atoms with Gasteiger partial charge in [0.25, 0.3) is 0 Å².